The summed E-state index contributed by atoms with van der Waals surface area (Å²) in [7, 11) is 0. The van der Waals surface area contributed by atoms with Crippen molar-refractivity contribution in [1.82, 2.24) is 14.5 Å². The molecule has 2 aromatic heterocycles. The third-order valence-corrected chi connectivity index (χ3v) is 5.54. The summed E-state index contributed by atoms with van der Waals surface area (Å²) in [4.78, 5) is 19.0. The summed E-state index contributed by atoms with van der Waals surface area (Å²) in [6.45, 7) is 3.49. The predicted octanol–water partition coefficient (Wildman–Crippen LogP) is 4.76. The summed E-state index contributed by atoms with van der Waals surface area (Å²) in [5.41, 5.74) is 4.99. The van der Waals surface area contributed by atoms with E-state index in [1.165, 1.54) is 0 Å². The summed E-state index contributed by atoms with van der Waals surface area (Å²) in [5, 5.41) is 1.06. The second-order valence-electron chi connectivity index (χ2n) is 7.18. The monoisotopic (exact) mass is 371 g/mol. The third-order valence-electron chi connectivity index (χ3n) is 5.54. The van der Waals surface area contributed by atoms with Gasteiger partial charge in [-0.25, -0.2) is 4.98 Å². The molecule has 5 heteroatoms. The van der Waals surface area contributed by atoms with Gasteiger partial charge in [0.25, 0.3) is 0 Å². The Labute approximate surface area is 163 Å². The van der Waals surface area contributed by atoms with Crippen molar-refractivity contribution >= 4 is 16.9 Å². The highest BCUT2D eigenvalue weighted by Crippen LogP contribution is 2.37. The molecule has 0 bridgehead atoms. The van der Waals surface area contributed by atoms with Crippen LogP contribution in [-0.2, 0) is 4.79 Å². The number of carbonyl (C=O) groups is 1. The van der Waals surface area contributed by atoms with Crippen LogP contribution in [0, 0.1) is 0 Å². The van der Waals surface area contributed by atoms with Crippen molar-refractivity contribution in [3.05, 3.63) is 67.2 Å². The smallest absolute Gasteiger partial charge is 0.224 e. The maximum atomic E-state index is 12.3. The van der Waals surface area contributed by atoms with Crippen LogP contribution in [-0.4, -0.2) is 33.4 Å². The number of carbonyl (C=O) groups excluding carboxylic acids is 1. The van der Waals surface area contributed by atoms with E-state index in [0.717, 1.165) is 46.6 Å². The van der Waals surface area contributed by atoms with E-state index in [1.54, 1.807) is 6.26 Å². The molecule has 140 valence electrons. The Bertz CT molecular complexity index is 1140. The highest BCUT2D eigenvalue weighted by atomic mass is 16.3. The number of likely N-dealkylation sites (tertiary alicyclic amines) is 1. The van der Waals surface area contributed by atoms with Crippen LogP contribution in [0.25, 0.3) is 33.5 Å². The van der Waals surface area contributed by atoms with E-state index >= 15 is 0 Å². The largest absolute Gasteiger partial charge is 0.464 e. The van der Waals surface area contributed by atoms with Gasteiger partial charge in [0.2, 0.25) is 5.91 Å². The minimum Gasteiger partial charge on any atom is -0.464 e. The molecule has 2 aromatic carbocycles. The van der Waals surface area contributed by atoms with Crippen LogP contribution in [0.2, 0.25) is 0 Å². The molecular formula is C23H21N3O2. The molecule has 1 aliphatic rings. The van der Waals surface area contributed by atoms with Gasteiger partial charge in [-0.2, -0.15) is 0 Å². The molecule has 3 heterocycles. The Morgan fingerprint density at radius 1 is 1.11 bits per heavy atom. The van der Waals surface area contributed by atoms with Gasteiger partial charge >= 0.3 is 0 Å². The van der Waals surface area contributed by atoms with Gasteiger partial charge < -0.3 is 13.9 Å². The van der Waals surface area contributed by atoms with Gasteiger partial charge in [-0.1, -0.05) is 30.3 Å². The predicted molar refractivity (Wildman–Crippen MR) is 109 cm³/mol. The number of likely N-dealkylation sites (N-methyl/N-ethyl adjacent to an activating group) is 1. The molecule has 28 heavy (non-hydrogen) atoms. The maximum absolute atomic E-state index is 12.3. The fourth-order valence-electron chi connectivity index (χ4n) is 4.09. The molecule has 1 saturated heterocycles. The first kappa shape index (κ1) is 16.8. The summed E-state index contributed by atoms with van der Waals surface area (Å²) < 4.78 is 7.68. The molecule has 0 aliphatic carbocycles. The zero-order chi connectivity index (χ0) is 19.1. The summed E-state index contributed by atoms with van der Waals surface area (Å²) in [5.74, 6) is 0.207. The number of imidazole rings is 1. The van der Waals surface area contributed by atoms with Gasteiger partial charge in [0.15, 0.2) is 0 Å². The molecule has 1 aliphatic heterocycles. The van der Waals surface area contributed by atoms with Gasteiger partial charge in [0, 0.05) is 36.0 Å². The van der Waals surface area contributed by atoms with E-state index in [1.807, 2.05) is 48.5 Å². The van der Waals surface area contributed by atoms with Crippen molar-refractivity contribution in [3.63, 3.8) is 0 Å². The van der Waals surface area contributed by atoms with E-state index in [9.17, 15) is 4.79 Å². The van der Waals surface area contributed by atoms with Gasteiger partial charge in [0.1, 0.15) is 5.58 Å². The van der Waals surface area contributed by atoms with Crippen LogP contribution >= 0.6 is 0 Å². The first-order chi connectivity index (χ1) is 13.7. The molecule has 4 aromatic rings. The Morgan fingerprint density at radius 2 is 1.96 bits per heavy atom. The fraction of sp³-hybridized carbons (Fsp3) is 0.217. The van der Waals surface area contributed by atoms with Crippen molar-refractivity contribution in [2.24, 2.45) is 0 Å². The molecule has 1 fully saturated rings. The van der Waals surface area contributed by atoms with Gasteiger partial charge in [-0.15, -0.1) is 0 Å². The average molecular weight is 371 g/mol. The van der Waals surface area contributed by atoms with Crippen LogP contribution in [0.3, 0.4) is 0 Å². The van der Waals surface area contributed by atoms with Crippen LogP contribution in [0.1, 0.15) is 19.4 Å². The second-order valence-corrected chi connectivity index (χ2v) is 7.18. The number of amides is 1. The molecule has 0 saturated carbocycles. The van der Waals surface area contributed by atoms with Crippen molar-refractivity contribution in [1.29, 1.82) is 0 Å². The molecule has 1 amide bonds. The van der Waals surface area contributed by atoms with E-state index in [4.69, 9.17) is 9.40 Å². The standard InChI is InChI=1S/C23H21N3O2/c1-2-25-14-19(13-21(25)27)26-15-24-22(16-6-4-3-5-7-16)23(26)18-8-9-20-17(12-18)10-11-28-20/h3-12,15,19H,2,13-14H2,1H3. The lowest BCUT2D eigenvalue weighted by atomic mass is 10.0. The third kappa shape index (κ3) is 2.71. The highest BCUT2D eigenvalue weighted by molar-refractivity contribution is 5.87. The quantitative estimate of drug-likeness (QED) is 0.520. The minimum atomic E-state index is 0.0902. The van der Waals surface area contributed by atoms with E-state index in [0.29, 0.717) is 6.42 Å². The Kier molecular flexibility index (Phi) is 4.01. The number of furan rings is 1. The average Bonchev–Trinajstić information content (AvgIpc) is 3.45. The molecular weight excluding hydrogens is 350 g/mol. The molecule has 0 N–H and O–H groups in total. The topological polar surface area (TPSA) is 51.3 Å². The normalized spacial score (nSPS) is 17.0. The Balaban J connectivity index is 1.68. The lowest BCUT2D eigenvalue weighted by Gasteiger charge is -2.18. The van der Waals surface area contributed by atoms with Crippen molar-refractivity contribution in [3.8, 4) is 22.5 Å². The van der Waals surface area contributed by atoms with Crippen molar-refractivity contribution in [2.75, 3.05) is 13.1 Å². The SMILES string of the molecule is CCN1CC(n2cnc(-c3ccccc3)c2-c2ccc3occc3c2)CC1=O. The number of hydrogen-bond acceptors (Lipinski definition) is 3. The maximum Gasteiger partial charge on any atom is 0.224 e. The van der Waals surface area contributed by atoms with E-state index in [2.05, 4.69) is 28.8 Å². The molecule has 0 spiro atoms. The molecule has 5 rings (SSSR count). The number of aromatic nitrogens is 2. The van der Waals surface area contributed by atoms with Crippen LogP contribution < -0.4 is 0 Å². The Hall–Kier alpha value is -3.34. The molecule has 1 unspecified atom stereocenters. The van der Waals surface area contributed by atoms with Crippen LogP contribution in [0.5, 0.6) is 0 Å². The highest BCUT2D eigenvalue weighted by Gasteiger charge is 2.32. The summed E-state index contributed by atoms with van der Waals surface area (Å²) in [6, 6.07) is 18.5. The van der Waals surface area contributed by atoms with Crippen LogP contribution in [0.4, 0.5) is 0 Å². The number of benzene rings is 2. The zero-order valence-electron chi connectivity index (χ0n) is 15.7. The summed E-state index contributed by atoms with van der Waals surface area (Å²) in [6.07, 6.45) is 4.10. The Morgan fingerprint density at radius 3 is 2.75 bits per heavy atom. The second kappa shape index (κ2) is 6.68. The first-order valence-electron chi connectivity index (χ1n) is 9.62. The summed E-state index contributed by atoms with van der Waals surface area (Å²) >= 11 is 0. The van der Waals surface area contributed by atoms with E-state index in [-0.39, 0.29) is 11.9 Å². The number of nitrogens with zero attached hydrogens (tertiary/aromatic N) is 3. The lowest BCUT2D eigenvalue weighted by Crippen LogP contribution is -2.24. The first-order valence-corrected chi connectivity index (χ1v) is 9.62. The van der Waals surface area contributed by atoms with Gasteiger partial charge in [-0.05, 0) is 31.2 Å². The molecule has 5 nitrogen and oxygen atoms in total. The minimum absolute atomic E-state index is 0.0902. The molecule has 0 radical (unpaired) electrons. The lowest BCUT2D eigenvalue weighted by molar-refractivity contribution is -0.127. The van der Waals surface area contributed by atoms with Crippen molar-refractivity contribution < 1.29 is 9.21 Å². The fourth-order valence-corrected chi connectivity index (χ4v) is 4.09. The van der Waals surface area contributed by atoms with Gasteiger partial charge in [0.05, 0.1) is 30.0 Å². The van der Waals surface area contributed by atoms with E-state index < -0.39 is 0 Å². The number of fused-ring (bicyclic) bond motifs is 1. The van der Waals surface area contributed by atoms with Crippen molar-refractivity contribution in [2.45, 2.75) is 19.4 Å². The molecule has 1 atom stereocenters. The van der Waals surface area contributed by atoms with Gasteiger partial charge in [-0.3, -0.25) is 4.79 Å². The number of hydrogen-bond donors (Lipinski definition) is 0. The zero-order valence-corrected chi connectivity index (χ0v) is 15.7. The van der Waals surface area contributed by atoms with Crippen LogP contribution in [0.15, 0.2) is 71.6 Å². The number of rotatable bonds is 4.